The van der Waals surface area contributed by atoms with Gasteiger partial charge >= 0.3 is 0 Å². The molecular formula is C25H25N3O5. The Labute approximate surface area is 191 Å². The average Bonchev–Trinajstić information content (AvgIpc) is 2.82. The van der Waals surface area contributed by atoms with Gasteiger partial charge in [0, 0.05) is 16.5 Å². The molecule has 0 radical (unpaired) electrons. The number of hydrogen-bond donors (Lipinski definition) is 2. The zero-order valence-corrected chi connectivity index (χ0v) is 18.1. The molecule has 0 fully saturated rings. The molecule has 3 aromatic carbocycles. The van der Waals surface area contributed by atoms with Crippen LogP contribution in [0.2, 0.25) is 0 Å². The van der Waals surface area contributed by atoms with Crippen LogP contribution in [0.3, 0.4) is 0 Å². The van der Waals surface area contributed by atoms with Crippen LogP contribution >= 0.6 is 0 Å². The van der Waals surface area contributed by atoms with Crippen LogP contribution in [0.1, 0.15) is 27.1 Å². The summed E-state index contributed by atoms with van der Waals surface area (Å²) < 4.78 is 11.0. The highest BCUT2D eigenvalue weighted by atomic mass is 16.5. The first-order valence-electron chi connectivity index (χ1n) is 10.7. The van der Waals surface area contributed by atoms with Crippen LogP contribution in [0.25, 0.3) is 10.8 Å². The van der Waals surface area contributed by atoms with Gasteiger partial charge < -0.3 is 20.5 Å². The van der Waals surface area contributed by atoms with Crippen LogP contribution in [0.5, 0.6) is 0 Å². The first-order chi connectivity index (χ1) is 16.1. The fourth-order valence-electron chi connectivity index (χ4n) is 3.75. The van der Waals surface area contributed by atoms with E-state index in [4.69, 9.17) is 15.2 Å². The largest absolute Gasteiger partial charge is 0.397 e. The molecule has 0 atom stereocenters. The smallest absolute Gasteiger partial charge is 0.261 e. The van der Waals surface area contributed by atoms with E-state index in [1.165, 1.54) is 4.90 Å². The highest BCUT2D eigenvalue weighted by Gasteiger charge is 2.32. The summed E-state index contributed by atoms with van der Waals surface area (Å²) in [5.41, 5.74) is 7.94. The monoisotopic (exact) mass is 447 g/mol. The van der Waals surface area contributed by atoms with E-state index in [1.54, 1.807) is 36.4 Å². The Bertz CT molecular complexity index is 1140. The van der Waals surface area contributed by atoms with Crippen LogP contribution in [0.15, 0.2) is 60.7 Å². The van der Waals surface area contributed by atoms with Gasteiger partial charge in [-0.05, 0) is 29.7 Å². The number of carbonyl (C=O) groups is 3. The number of nitrogens with two attached hydrogens (primary N) is 1. The number of nitrogen functional groups attached to an aromatic ring is 1. The van der Waals surface area contributed by atoms with Gasteiger partial charge in [0.15, 0.2) is 0 Å². The topological polar surface area (TPSA) is 111 Å². The van der Waals surface area contributed by atoms with Crippen molar-refractivity contribution >= 4 is 39.9 Å². The Morgan fingerprint density at radius 2 is 1.45 bits per heavy atom. The lowest BCUT2D eigenvalue weighted by molar-refractivity contribution is -0.117. The van der Waals surface area contributed by atoms with E-state index in [-0.39, 0.29) is 50.5 Å². The highest BCUT2D eigenvalue weighted by Crippen LogP contribution is 2.29. The second-order valence-electron chi connectivity index (χ2n) is 7.58. The molecule has 8 heteroatoms. The molecule has 0 aromatic heterocycles. The molecule has 170 valence electrons. The molecule has 3 aromatic rings. The first-order valence-corrected chi connectivity index (χ1v) is 10.7. The SMILES string of the molecule is Nc1ccccc1NC(=O)CCOCCOCCN1C(=O)c2cccc3cccc(c23)C1=O. The third-order valence-corrected chi connectivity index (χ3v) is 5.40. The molecule has 1 aliphatic rings. The highest BCUT2D eigenvalue weighted by molar-refractivity contribution is 6.25. The first kappa shape index (κ1) is 22.4. The third-order valence-electron chi connectivity index (χ3n) is 5.40. The molecule has 3 amide bonds. The van der Waals surface area contributed by atoms with Crippen molar-refractivity contribution < 1.29 is 23.9 Å². The molecule has 0 spiro atoms. The van der Waals surface area contributed by atoms with E-state index >= 15 is 0 Å². The molecule has 0 saturated carbocycles. The van der Waals surface area contributed by atoms with Gasteiger partial charge in [-0.3, -0.25) is 19.3 Å². The Hall–Kier alpha value is -3.75. The summed E-state index contributed by atoms with van der Waals surface area (Å²) in [7, 11) is 0. The summed E-state index contributed by atoms with van der Waals surface area (Å²) in [5.74, 6) is -0.810. The number of para-hydroxylation sites is 2. The van der Waals surface area contributed by atoms with Crippen molar-refractivity contribution in [1.82, 2.24) is 4.90 Å². The Morgan fingerprint density at radius 1 is 0.818 bits per heavy atom. The minimum atomic E-state index is -0.311. The Morgan fingerprint density at radius 3 is 2.12 bits per heavy atom. The zero-order chi connectivity index (χ0) is 23.2. The molecule has 0 bridgehead atoms. The summed E-state index contributed by atoms with van der Waals surface area (Å²) in [4.78, 5) is 38.8. The van der Waals surface area contributed by atoms with Crippen LogP contribution in [-0.2, 0) is 14.3 Å². The van der Waals surface area contributed by atoms with Gasteiger partial charge in [-0.2, -0.15) is 0 Å². The van der Waals surface area contributed by atoms with Crippen LogP contribution in [0.4, 0.5) is 11.4 Å². The number of imide groups is 1. The molecule has 0 aliphatic carbocycles. The van der Waals surface area contributed by atoms with Crippen molar-refractivity contribution in [2.24, 2.45) is 0 Å². The van der Waals surface area contributed by atoms with E-state index < -0.39 is 0 Å². The van der Waals surface area contributed by atoms with Crippen molar-refractivity contribution in [1.29, 1.82) is 0 Å². The molecule has 8 nitrogen and oxygen atoms in total. The predicted molar refractivity (Wildman–Crippen MR) is 125 cm³/mol. The summed E-state index contributed by atoms with van der Waals surface area (Å²) in [6.07, 6.45) is 0.191. The molecule has 1 heterocycles. The number of ether oxygens (including phenoxy) is 2. The number of amides is 3. The van der Waals surface area contributed by atoms with Gasteiger partial charge in [-0.15, -0.1) is 0 Å². The molecule has 0 unspecified atom stereocenters. The standard InChI is InChI=1S/C25H25N3O5/c26-20-9-1-2-10-21(20)27-22(29)11-13-32-15-16-33-14-12-28-24(30)18-7-3-5-17-6-4-8-19(23(17)18)25(28)31/h1-10H,11-16,26H2,(H,27,29). The number of hydrogen-bond acceptors (Lipinski definition) is 6. The van der Waals surface area contributed by atoms with Gasteiger partial charge in [0.2, 0.25) is 5.91 Å². The fraction of sp³-hybridized carbons (Fsp3) is 0.240. The number of carbonyl (C=O) groups excluding carboxylic acids is 3. The number of rotatable bonds is 10. The molecular weight excluding hydrogens is 422 g/mol. The van der Waals surface area contributed by atoms with Gasteiger partial charge in [-0.1, -0.05) is 36.4 Å². The lowest BCUT2D eigenvalue weighted by Gasteiger charge is -2.27. The second-order valence-corrected chi connectivity index (χ2v) is 7.58. The normalized spacial score (nSPS) is 12.9. The predicted octanol–water partition coefficient (Wildman–Crippen LogP) is 3.08. The minimum Gasteiger partial charge on any atom is -0.397 e. The van der Waals surface area contributed by atoms with Crippen molar-refractivity contribution in [2.45, 2.75) is 6.42 Å². The molecule has 33 heavy (non-hydrogen) atoms. The van der Waals surface area contributed by atoms with Gasteiger partial charge in [0.05, 0.1) is 50.8 Å². The number of nitrogens with one attached hydrogen (secondary N) is 1. The van der Waals surface area contributed by atoms with E-state index in [1.807, 2.05) is 24.3 Å². The Kier molecular flexibility index (Phi) is 6.97. The summed E-state index contributed by atoms with van der Waals surface area (Å²) >= 11 is 0. The lowest BCUT2D eigenvalue weighted by atomic mass is 9.94. The Balaban J connectivity index is 1.16. The van der Waals surface area contributed by atoms with E-state index in [2.05, 4.69) is 5.32 Å². The number of anilines is 2. The van der Waals surface area contributed by atoms with Crippen LogP contribution in [-0.4, -0.2) is 55.6 Å². The van der Waals surface area contributed by atoms with E-state index in [9.17, 15) is 14.4 Å². The van der Waals surface area contributed by atoms with Crippen molar-refractivity contribution in [3.8, 4) is 0 Å². The third kappa shape index (κ3) is 5.02. The average molecular weight is 447 g/mol. The minimum absolute atomic E-state index is 0.156. The summed E-state index contributed by atoms with van der Waals surface area (Å²) in [5, 5.41) is 4.32. The molecule has 3 N–H and O–H groups in total. The fourth-order valence-corrected chi connectivity index (χ4v) is 3.75. The maximum Gasteiger partial charge on any atom is 0.261 e. The maximum atomic E-state index is 12.8. The molecule has 4 rings (SSSR count). The molecule has 1 aliphatic heterocycles. The quantitative estimate of drug-likeness (QED) is 0.281. The van der Waals surface area contributed by atoms with Gasteiger partial charge in [0.1, 0.15) is 0 Å². The van der Waals surface area contributed by atoms with Crippen LogP contribution in [0, 0.1) is 0 Å². The lowest BCUT2D eigenvalue weighted by Crippen LogP contribution is -2.42. The van der Waals surface area contributed by atoms with Gasteiger partial charge in [-0.25, -0.2) is 0 Å². The summed E-state index contributed by atoms with van der Waals surface area (Å²) in [6.45, 7) is 1.18. The zero-order valence-electron chi connectivity index (χ0n) is 18.1. The number of benzene rings is 3. The van der Waals surface area contributed by atoms with Gasteiger partial charge in [0.25, 0.3) is 11.8 Å². The van der Waals surface area contributed by atoms with E-state index in [0.29, 0.717) is 34.5 Å². The number of nitrogens with zero attached hydrogens (tertiary/aromatic N) is 1. The van der Waals surface area contributed by atoms with Crippen molar-refractivity contribution in [2.75, 3.05) is 44.0 Å². The van der Waals surface area contributed by atoms with Crippen molar-refractivity contribution in [3.05, 3.63) is 71.8 Å². The molecule has 0 saturated heterocycles. The summed E-state index contributed by atoms with van der Waals surface area (Å²) in [6, 6.07) is 17.9. The van der Waals surface area contributed by atoms with E-state index in [0.717, 1.165) is 5.39 Å². The van der Waals surface area contributed by atoms with Crippen molar-refractivity contribution in [3.63, 3.8) is 0 Å². The maximum absolute atomic E-state index is 12.8. The van der Waals surface area contributed by atoms with Crippen LogP contribution < -0.4 is 11.1 Å². The second kappa shape index (κ2) is 10.2.